The van der Waals surface area contributed by atoms with Crippen molar-refractivity contribution >= 4 is 10.9 Å². The second kappa shape index (κ2) is 4.43. The molecule has 0 fully saturated rings. The largest absolute Gasteiger partial charge is 0.361 e. The first kappa shape index (κ1) is 11.2. The number of H-pyrrole nitrogens is 1. The maximum atomic E-state index is 11.8. The highest BCUT2D eigenvalue weighted by Crippen LogP contribution is 2.22. The third kappa shape index (κ3) is 2.00. The van der Waals surface area contributed by atoms with E-state index in [9.17, 15) is 4.79 Å². The molecule has 0 aliphatic rings. The minimum Gasteiger partial charge on any atom is -0.361 e. The van der Waals surface area contributed by atoms with Gasteiger partial charge in [-0.05, 0) is 35.4 Å². The number of nitrogens with zero attached hydrogens (tertiary/aromatic N) is 1. The summed E-state index contributed by atoms with van der Waals surface area (Å²) in [5.41, 5.74) is 3.41. The molecule has 19 heavy (non-hydrogen) atoms. The number of nitriles is 1. The lowest BCUT2D eigenvalue weighted by Gasteiger charge is -2.03. The van der Waals surface area contributed by atoms with E-state index >= 15 is 0 Å². The first-order chi connectivity index (χ1) is 9.28. The van der Waals surface area contributed by atoms with Crippen LogP contribution in [-0.4, -0.2) is 4.98 Å². The molecule has 3 heteroatoms. The molecule has 3 rings (SSSR count). The molecule has 0 unspecified atom stereocenters. The Labute approximate surface area is 109 Å². The normalized spacial score (nSPS) is 10.3. The molecule has 0 atom stereocenters. The number of hydrogen-bond acceptors (Lipinski definition) is 2. The number of nitrogens with one attached hydrogen (secondary N) is 1. The molecule has 0 saturated carbocycles. The van der Waals surface area contributed by atoms with Crippen molar-refractivity contribution < 1.29 is 0 Å². The molecule has 0 spiro atoms. The zero-order valence-corrected chi connectivity index (χ0v) is 10.1. The van der Waals surface area contributed by atoms with Gasteiger partial charge in [-0.2, -0.15) is 5.26 Å². The number of benzene rings is 2. The van der Waals surface area contributed by atoms with Crippen molar-refractivity contribution in [2.45, 2.75) is 0 Å². The summed E-state index contributed by atoms with van der Waals surface area (Å²) in [4.78, 5) is 14.8. The van der Waals surface area contributed by atoms with Gasteiger partial charge in [0.15, 0.2) is 5.43 Å². The average Bonchev–Trinajstić information content (AvgIpc) is 2.47. The van der Waals surface area contributed by atoms with Crippen LogP contribution in [0.2, 0.25) is 0 Å². The molecule has 0 aliphatic carbocycles. The minimum atomic E-state index is 0.00393. The molecular weight excluding hydrogens is 236 g/mol. The first-order valence-electron chi connectivity index (χ1n) is 5.90. The fraction of sp³-hybridized carbons (Fsp3) is 0. The summed E-state index contributed by atoms with van der Waals surface area (Å²) in [5, 5.41) is 9.45. The predicted molar refractivity (Wildman–Crippen MR) is 74.7 cm³/mol. The van der Waals surface area contributed by atoms with Crippen LogP contribution < -0.4 is 5.43 Å². The number of fused-ring (bicyclic) bond motifs is 1. The van der Waals surface area contributed by atoms with Crippen molar-refractivity contribution in [1.82, 2.24) is 4.98 Å². The molecule has 2 aromatic carbocycles. The van der Waals surface area contributed by atoms with Crippen LogP contribution in [-0.2, 0) is 0 Å². The highest BCUT2D eigenvalue weighted by Gasteiger charge is 2.02. The maximum Gasteiger partial charge on any atom is 0.189 e. The van der Waals surface area contributed by atoms with E-state index in [-0.39, 0.29) is 5.43 Å². The average molecular weight is 246 g/mol. The fourth-order valence-electron chi connectivity index (χ4n) is 2.09. The lowest BCUT2D eigenvalue weighted by molar-refractivity contribution is 1.39. The van der Waals surface area contributed by atoms with Crippen molar-refractivity contribution in [3.8, 4) is 17.2 Å². The van der Waals surface area contributed by atoms with E-state index in [4.69, 9.17) is 5.26 Å². The molecular formula is C16H10N2O. The highest BCUT2D eigenvalue weighted by atomic mass is 16.1. The third-order valence-electron chi connectivity index (χ3n) is 3.11. The van der Waals surface area contributed by atoms with Crippen LogP contribution in [0.1, 0.15) is 5.56 Å². The molecule has 0 aliphatic heterocycles. The molecule has 3 nitrogen and oxygen atoms in total. The van der Waals surface area contributed by atoms with E-state index in [1.165, 1.54) is 6.07 Å². The molecule has 1 aromatic heterocycles. The van der Waals surface area contributed by atoms with Gasteiger partial charge in [-0.1, -0.05) is 18.2 Å². The summed E-state index contributed by atoms with van der Waals surface area (Å²) in [5.74, 6) is 0. The van der Waals surface area contributed by atoms with Gasteiger partial charge in [0.2, 0.25) is 0 Å². The first-order valence-corrected chi connectivity index (χ1v) is 5.90. The van der Waals surface area contributed by atoms with Crippen LogP contribution in [0.4, 0.5) is 0 Å². The van der Waals surface area contributed by atoms with Crippen molar-refractivity contribution in [3.63, 3.8) is 0 Å². The van der Waals surface area contributed by atoms with Gasteiger partial charge in [0.25, 0.3) is 0 Å². The Balaban J connectivity index is 2.17. The molecule has 90 valence electrons. The fourth-order valence-corrected chi connectivity index (χ4v) is 2.09. The number of aromatic nitrogens is 1. The summed E-state index contributed by atoms with van der Waals surface area (Å²) < 4.78 is 0. The molecule has 3 aromatic rings. The zero-order valence-electron chi connectivity index (χ0n) is 10.1. The van der Waals surface area contributed by atoms with Gasteiger partial charge in [0.1, 0.15) is 0 Å². The van der Waals surface area contributed by atoms with Crippen molar-refractivity contribution in [3.05, 3.63) is 70.5 Å². The van der Waals surface area contributed by atoms with Crippen LogP contribution >= 0.6 is 0 Å². The summed E-state index contributed by atoms with van der Waals surface area (Å²) in [6.07, 6.45) is 1.64. The van der Waals surface area contributed by atoms with Crippen LogP contribution in [0, 0.1) is 11.3 Å². The number of rotatable bonds is 1. The number of aromatic amines is 1. The van der Waals surface area contributed by atoms with E-state index in [2.05, 4.69) is 11.1 Å². The Kier molecular flexibility index (Phi) is 2.62. The van der Waals surface area contributed by atoms with Crippen molar-refractivity contribution in [2.75, 3.05) is 0 Å². The summed E-state index contributed by atoms with van der Waals surface area (Å²) in [6.45, 7) is 0. The van der Waals surface area contributed by atoms with Crippen LogP contribution in [0.3, 0.4) is 0 Å². The maximum absolute atomic E-state index is 11.8. The van der Waals surface area contributed by atoms with Gasteiger partial charge in [0.05, 0.1) is 11.6 Å². The predicted octanol–water partition coefficient (Wildman–Crippen LogP) is 3.07. The van der Waals surface area contributed by atoms with Gasteiger partial charge in [-0.3, -0.25) is 4.79 Å². The molecule has 1 heterocycles. The van der Waals surface area contributed by atoms with Gasteiger partial charge < -0.3 is 4.98 Å². The molecule has 1 N–H and O–H groups in total. The molecule has 0 amide bonds. The summed E-state index contributed by atoms with van der Waals surface area (Å²) >= 11 is 0. The highest BCUT2D eigenvalue weighted by molar-refractivity contribution is 5.84. The second-order valence-corrected chi connectivity index (χ2v) is 4.29. The van der Waals surface area contributed by atoms with Crippen LogP contribution in [0.25, 0.3) is 22.0 Å². The standard InChI is InChI=1S/C16H10N2O/c17-10-11-1-3-12(4-2-11)13-5-6-15-14(9-13)16(19)7-8-18-15/h1-9H,(H,18,19). The minimum absolute atomic E-state index is 0.00393. The van der Waals surface area contributed by atoms with E-state index in [0.717, 1.165) is 16.6 Å². The topological polar surface area (TPSA) is 56.6 Å². The van der Waals surface area contributed by atoms with E-state index in [1.807, 2.05) is 30.3 Å². The number of pyridine rings is 1. The van der Waals surface area contributed by atoms with Crippen LogP contribution in [0.15, 0.2) is 59.5 Å². The third-order valence-corrected chi connectivity index (χ3v) is 3.11. The van der Waals surface area contributed by atoms with E-state index < -0.39 is 0 Å². The summed E-state index contributed by atoms with van der Waals surface area (Å²) in [6, 6.07) is 16.6. The second-order valence-electron chi connectivity index (χ2n) is 4.29. The van der Waals surface area contributed by atoms with Gasteiger partial charge in [-0.25, -0.2) is 0 Å². The molecule has 0 radical (unpaired) electrons. The lowest BCUT2D eigenvalue weighted by atomic mass is 10.0. The molecule has 0 bridgehead atoms. The van der Waals surface area contributed by atoms with Gasteiger partial charge in [0, 0.05) is 23.2 Å². The Morgan fingerprint density at radius 1 is 0.947 bits per heavy atom. The number of hydrogen-bond donors (Lipinski definition) is 1. The molecule has 0 saturated heterocycles. The van der Waals surface area contributed by atoms with Crippen LogP contribution in [0.5, 0.6) is 0 Å². The Morgan fingerprint density at radius 3 is 2.42 bits per heavy atom. The SMILES string of the molecule is N#Cc1ccc(-c2ccc3[nH]ccc(=O)c3c2)cc1. The monoisotopic (exact) mass is 246 g/mol. The Bertz CT molecular complexity index is 839. The van der Waals surface area contributed by atoms with Gasteiger partial charge in [-0.15, -0.1) is 0 Å². The van der Waals surface area contributed by atoms with E-state index in [1.54, 1.807) is 18.3 Å². The lowest BCUT2D eigenvalue weighted by Crippen LogP contribution is -1.99. The summed E-state index contributed by atoms with van der Waals surface area (Å²) in [7, 11) is 0. The Hall–Kier alpha value is -2.86. The van der Waals surface area contributed by atoms with Gasteiger partial charge >= 0.3 is 0 Å². The zero-order chi connectivity index (χ0) is 13.2. The van der Waals surface area contributed by atoms with E-state index in [0.29, 0.717) is 10.9 Å². The van der Waals surface area contributed by atoms with Crippen molar-refractivity contribution in [2.24, 2.45) is 0 Å². The van der Waals surface area contributed by atoms with Crippen molar-refractivity contribution in [1.29, 1.82) is 5.26 Å². The quantitative estimate of drug-likeness (QED) is 0.717. The smallest absolute Gasteiger partial charge is 0.189 e. The Morgan fingerprint density at radius 2 is 1.68 bits per heavy atom.